The number of hydrogen-bond acceptors (Lipinski definition) is 4. The number of nitrogens with zero attached hydrogens (tertiary/aromatic N) is 1. The Bertz CT molecular complexity index is 1500. The van der Waals surface area contributed by atoms with E-state index >= 15 is 0 Å². The summed E-state index contributed by atoms with van der Waals surface area (Å²) in [5, 5.41) is 5.92. The molecule has 2 heterocycles. The van der Waals surface area contributed by atoms with Crippen LogP contribution in [0, 0.1) is 0 Å². The van der Waals surface area contributed by atoms with E-state index in [0.29, 0.717) is 27.1 Å². The largest absolute Gasteiger partial charge is 0.423 e. The third-order valence-corrected chi connectivity index (χ3v) is 6.34. The van der Waals surface area contributed by atoms with Crippen molar-refractivity contribution in [3.8, 4) is 0 Å². The lowest BCUT2D eigenvalue weighted by atomic mass is 9.92. The van der Waals surface area contributed by atoms with Gasteiger partial charge in [-0.15, -0.1) is 0 Å². The van der Waals surface area contributed by atoms with E-state index in [0.717, 1.165) is 15.7 Å². The van der Waals surface area contributed by atoms with Crippen LogP contribution in [0.15, 0.2) is 69.9 Å². The maximum absolute atomic E-state index is 13.4. The average molecular weight is 467 g/mol. The first-order chi connectivity index (χ1) is 15.3. The van der Waals surface area contributed by atoms with Gasteiger partial charge in [-0.3, -0.25) is 9.69 Å². The second-order valence-electron chi connectivity index (χ2n) is 7.82. The number of fused-ring (bicyclic) bond motifs is 3. The lowest BCUT2D eigenvalue weighted by Gasteiger charge is -2.23. The number of benzene rings is 3. The van der Waals surface area contributed by atoms with Crippen molar-refractivity contribution in [1.29, 1.82) is 0 Å². The maximum Gasteiger partial charge on any atom is 0.336 e. The number of nitrogens with one attached hydrogen (secondary N) is 1. The van der Waals surface area contributed by atoms with Gasteiger partial charge in [0, 0.05) is 27.1 Å². The van der Waals surface area contributed by atoms with E-state index in [-0.39, 0.29) is 11.6 Å². The summed E-state index contributed by atoms with van der Waals surface area (Å²) < 4.78 is 5.38. The molecule has 5 rings (SSSR count). The van der Waals surface area contributed by atoms with Crippen molar-refractivity contribution >= 4 is 56.9 Å². The van der Waals surface area contributed by atoms with Crippen LogP contribution in [0.5, 0.6) is 0 Å². The van der Waals surface area contributed by atoms with E-state index in [1.807, 2.05) is 30.3 Å². The summed E-state index contributed by atoms with van der Waals surface area (Å²) in [6.07, 6.45) is 0. The molecule has 1 unspecified atom stereocenters. The van der Waals surface area contributed by atoms with Gasteiger partial charge in [-0.05, 0) is 41.5 Å². The lowest BCUT2D eigenvalue weighted by molar-refractivity contribution is -0.131. The number of rotatable bonds is 3. The highest BCUT2D eigenvalue weighted by atomic mass is 35.5. The van der Waals surface area contributed by atoms with Crippen molar-refractivity contribution in [2.75, 3.05) is 0 Å². The molecule has 1 N–H and O–H groups in total. The van der Waals surface area contributed by atoms with Crippen LogP contribution >= 0.6 is 23.2 Å². The normalized spacial score (nSPS) is 18.5. The van der Waals surface area contributed by atoms with E-state index < -0.39 is 23.1 Å². The maximum atomic E-state index is 13.4. The Kier molecular flexibility index (Phi) is 4.73. The van der Waals surface area contributed by atoms with E-state index in [1.54, 1.807) is 25.1 Å². The van der Waals surface area contributed by atoms with Crippen LogP contribution in [0.4, 0.5) is 4.79 Å². The van der Waals surface area contributed by atoms with Gasteiger partial charge in [-0.25, -0.2) is 9.59 Å². The molecule has 3 aromatic carbocycles. The molecule has 0 saturated carbocycles. The molecule has 6 nitrogen and oxygen atoms in total. The number of amides is 3. The minimum absolute atomic E-state index is 0.0957. The third kappa shape index (κ3) is 3.15. The van der Waals surface area contributed by atoms with Gasteiger partial charge in [0.1, 0.15) is 11.1 Å². The zero-order chi connectivity index (χ0) is 22.6. The summed E-state index contributed by atoms with van der Waals surface area (Å²) in [4.78, 5) is 39.6. The van der Waals surface area contributed by atoms with Crippen molar-refractivity contribution in [2.24, 2.45) is 0 Å². The van der Waals surface area contributed by atoms with Crippen molar-refractivity contribution in [1.82, 2.24) is 10.2 Å². The smallest absolute Gasteiger partial charge is 0.336 e. The fourth-order valence-corrected chi connectivity index (χ4v) is 4.83. The van der Waals surface area contributed by atoms with Gasteiger partial charge in [0.25, 0.3) is 5.91 Å². The van der Waals surface area contributed by atoms with E-state index in [4.69, 9.17) is 27.6 Å². The molecule has 1 aliphatic heterocycles. The molecule has 4 aromatic rings. The van der Waals surface area contributed by atoms with E-state index in [2.05, 4.69) is 5.32 Å². The molecule has 1 saturated heterocycles. The van der Waals surface area contributed by atoms with Gasteiger partial charge in [-0.1, -0.05) is 59.6 Å². The van der Waals surface area contributed by atoms with Crippen LogP contribution in [-0.4, -0.2) is 16.8 Å². The minimum Gasteiger partial charge on any atom is -0.423 e. The molecule has 160 valence electrons. The monoisotopic (exact) mass is 466 g/mol. The van der Waals surface area contributed by atoms with Gasteiger partial charge in [0.05, 0.1) is 6.54 Å². The first-order valence-corrected chi connectivity index (χ1v) is 10.6. The zero-order valence-electron chi connectivity index (χ0n) is 16.8. The summed E-state index contributed by atoms with van der Waals surface area (Å²) in [6.45, 7) is 1.50. The van der Waals surface area contributed by atoms with Crippen molar-refractivity contribution in [3.63, 3.8) is 0 Å². The van der Waals surface area contributed by atoms with Crippen molar-refractivity contribution in [2.45, 2.75) is 19.0 Å². The number of carbonyl (C=O) groups excluding carboxylic acids is 2. The van der Waals surface area contributed by atoms with Gasteiger partial charge in [-0.2, -0.15) is 0 Å². The Hall–Kier alpha value is -3.35. The molecule has 0 spiro atoms. The molecule has 8 heteroatoms. The van der Waals surface area contributed by atoms with E-state index in [1.165, 1.54) is 12.1 Å². The minimum atomic E-state index is -1.37. The van der Waals surface area contributed by atoms with Crippen molar-refractivity contribution in [3.05, 3.63) is 92.3 Å². The highest BCUT2D eigenvalue weighted by molar-refractivity contribution is 6.35. The predicted octanol–water partition coefficient (Wildman–Crippen LogP) is 5.22. The van der Waals surface area contributed by atoms with Crippen LogP contribution < -0.4 is 10.9 Å². The fourth-order valence-electron chi connectivity index (χ4n) is 4.23. The van der Waals surface area contributed by atoms with Gasteiger partial charge < -0.3 is 9.73 Å². The Balaban J connectivity index is 1.61. The molecule has 3 amide bonds. The van der Waals surface area contributed by atoms with Crippen LogP contribution in [0.1, 0.15) is 18.1 Å². The molecule has 1 aliphatic rings. The molecule has 0 aliphatic carbocycles. The van der Waals surface area contributed by atoms with Gasteiger partial charge in [0.15, 0.2) is 0 Å². The lowest BCUT2D eigenvalue weighted by Crippen LogP contribution is -2.41. The van der Waals surface area contributed by atoms with Gasteiger partial charge >= 0.3 is 11.7 Å². The molecule has 0 radical (unpaired) electrons. The molecule has 1 aromatic heterocycles. The van der Waals surface area contributed by atoms with Crippen LogP contribution in [-0.2, 0) is 16.9 Å². The third-order valence-electron chi connectivity index (χ3n) is 5.79. The van der Waals surface area contributed by atoms with Gasteiger partial charge in [0.2, 0.25) is 0 Å². The standard InChI is InChI=1S/C24H16Cl2N2O4/c1-24(17-8-7-15(25)11-18(17)26)22(30)28(23(31)27-24)12-14-10-20(29)32-19-9-6-13-4-2-3-5-16(13)21(14)19/h2-11H,12H2,1H3,(H,27,31). The average Bonchev–Trinajstić information content (AvgIpc) is 2.96. The molecule has 1 fully saturated rings. The Labute approximate surface area is 192 Å². The SMILES string of the molecule is CC1(c2ccc(Cl)cc2Cl)NC(=O)N(Cc2cc(=O)oc3ccc4ccccc4c23)C1=O. The number of urea groups is 1. The van der Waals surface area contributed by atoms with Crippen LogP contribution in [0.2, 0.25) is 10.0 Å². The number of hydrogen-bond donors (Lipinski definition) is 1. The molecule has 0 bridgehead atoms. The summed E-state index contributed by atoms with van der Waals surface area (Å²) >= 11 is 12.3. The second-order valence-corrected chi connectivity index (χ2v) is 8.66. The molecular formula is C24H16Cl2N2O4. The molecule has 1 atom stereocenters. The fraction of sp³-hybridized carbons (Fsp3) is 0.125. The Morgan fingerprint density at radius 3 is 2.56 bits per heavy atom. The first-order valence-electron chi connectivity index (χ1n) is 9.82. The second kappa shape index (κ2) is 7.36. The van der Waals surface area contributed by atoms with Crippen LogP contribution in [0.25, 0.3) is 21.7 Å². The topological polar surface area (TPSA) is 79.6 Å². The highest BCUT2D eigenvalue weighted by Gasteiger charge is 2.50. The first kappa shape index (κ1) is 20.5. The highest BCUT2D eigenvalue weighted by Crippen LogP contribution is 2.36. The van der Waals surface area contributed by atoms with E-state index in [9.17, 15) is 14.4 Å². The summed E-state index contributed by atoms with van der Waals surface area (Å²) in [5.74, 6) is -0.478. The number of carbonyl (C=O) groups is 2. The predicted molar refractivity (Wildman–Crippen MR) is 123 cm³/mol. The number of halogens is 2. The summed E-state index contributed by atoms with van der Waals surface area (Å²) in [6, 6.07) is 16.7. The molecule has 32 heavy (non-hydrogen) atoms. The zero-order valence-corrected chi connectivity index (χ0v) is 18.3. The van der Waals surface area contributed by atoms with Crippen molar-refractivity contribution < 1.29 is 14.0 Å². The molecular weight excluding hydrogens is 451 g/mol. The quantitative estimate of drug-likeness (QED) is 0.255. The number of imide groups is 1. The summed E-state index contributed by atoms with van der Waals surface area (Å²) in [5.41, 5.74) is -0.578. The Morgan fingerprint density at radius 1 is 1.00 bits per heavy atom. The Morgan fingerprint density at radius 2 is 1.78 bits per heavy atom. The summed E-state index contributed by atoms with van der Waals surface area (Å²) in [7, 11) is 0. The van der Waals surface area contributed by atoms with Crippen LogP contribution in [0.3, 0.4) is 0 Å².